The number of aliphatic hydroxyl groups excluding tert-OH is 1. The van der Waals surface area contributed by atoms with Crippen LogP contribution in [0.5, 0.6) is 17.2 Å². The second-order valence-electron chi connectivity index (χ2n) is 5.19. The van der Waals surface area contributed by atoms with E-state index < -0.39 is 12.1 Å². The molecule has 7 nitrogen and oxygen atoms in total. The highest BCUT2D eigenvalue weighted by atomic mass is 16.7. The number of fused-ring (bicyclic) bond motifs is 1. The number of methoxy groups -OCH3 is 1. The van der Waals surface area contributed by atoms with Gasteiger partial charge < -0.3 is 24.4 Å². The zero-order valence-electron chi connectivity index (χ0n) is 11.6. The van der Waals surface area contributed by atoms with Gasteiger partial charge in [0.15, 0.2) is 11.5 Å². The number of rotatable bonds is 3. The highest BCUT2D eigenvalue weighted by Crippen LogP contribution is 2.38. The molecule has 0 bridgehead atoms. The van der Waals surface area contributed by atoms with Crippen LogP contribution in [0.25, 0.3) is 0 Å². The summed E-state index contributed by atoms with van der Waals surface area (Å²) in [6.07, 6.45) is -0.247. The Morgan fingerprint density at radius 1 is 1.43 bits per heavy atom. The first-order valence-electron chi connectivity index (χ1n) is 6.70. The first-order chi connectivity index (χ1) is 10.1. The van der Waals surface area contributed by atoms with E-state index in [-0.39, 0.29) is 18.5 Å². The van der Waals surface area contributed by atoms with Crippen molar-refractivity contribution in [2.45, 2.75) is 25.1 Å². The van der Waals surface area contributed by atoms with Gasteiger partial charge in [0.25, 0.3) is 0 Å². The Morgan fingerprint density at radius 3 is 2.86 bits per heavy atom. The van der Waals surface area contributed by atoms with Gasteiger partial charge in [-0.1, -0.05) is 0 Å². The van der Waals surface area contributed by atoms with Crippen LogP contribution in [0.1, 0.15) is 12.0 Å². The molecule has 7 heteroatoms. The van der Waals surface area contributed by atoms with Gasteiger partial charge in [-0.15, -0.1) is 0 Å². The van der Waals surface area contributed by atoms with Crippen LogP contribution in [0.2, 0.25) is 0 Å². The molecule has 1 aromatic rings. The molecule has 2 heterocycles. The molecule has 2 atom stereocenters. The van der Waals surface area contributed by atoms with Gasteiger partial charge >= 0.3 is 5.97 Å². The van der Waals surface area contributed by atoms with Crippen molar-refractivity contribution in [3.05, 3.63) is 17.7 Å². The van der Waals surface area contributed by atoms with Crippen molar-refractivity contribution < 1.29 is 29.2 Å². The van der Waals surface area contributed by atoms with E-state index in [4.69, 9.17) is 14.2 Å². The molecule has 1 saturated heterocycles. The molecule has 2 N–H and O–H groups in total. The van der Waals surface area contributed by atoms with Gasteiger partial charge in [-0.05, 0) is 6.07 Å². The number of aliphatic hydroxyl groups is 1. The molecular formula is C14H17NO6. The smallest absolute Gasteiger partial charge is 0.323 e. The van der Waals surface area contributed by atoms with Crippen LogP contribution >= 0.6 is 0 Å². The molecule has 1 aromatic carbocycles. The van der Waals surface area contributed by atoms with Crippen LogP contribution < -0.4 is 9.47 Å². The molecule has 0 saturated carbocycles. The van der Waals surface area contributed by atoms with E-state index in [1.807, 2.05) is 0 Å². The molecule has 0 spiro atoms. The zero-order chi connectivity index (χ0) is 15.0. The minimum Gasteiger partial charge on any atom is -0.507 e. The summed E-state index contributed by atoms with van der Waals surface area (Å²) in [5, 5.41) is 19.8. The number of phenols is 1. The highest BCUT2D eigenvalue weighted by Gasteiger charge is 2.37. The maximum absolute atomic E-state index is 11.8. The number of esters is 1. The molecular weight excluding hydrogens is 278 g/mol. The van der Waals surface area contributed by atoms with Gasteiger partial charge in [-0.25, -0.2) is 0 Å². The Morgan fingerprint density at radius 2 is 2.14 bits per heavy atom. The lowest BCUT2D eigenvalue weighted by molar-refractivity contribution is -0.146. The lowest BCUT2D eigenvalue weighted by atomic mass is 10.1. The molecule has 0 aliphatic carbocycles. The lowest BCUT2D eigenvalue weighted by Crippen LogP contribution is -2.36. The number of hydrogen-bond donors (Lipinski definition) is 2. The van der Waals surface area contributed by atoms with Crippen molar-refractivity contribution in [2.75, 3.05) is 20.4 Å². The summed E-state index contributed by atoms with van der Waals surface area (Å²) in [5.41, 5.74) is 0.613. The van der Waals surface area contributed by atoms with Crippen LogP contribution in [-0.4, -0.2) is 53.7 Å². The van der Waals surface area contributed by atoms with Gasteiger partial charge in [0.2, 0.25) is 6.79 Å². The predicted octanol–water partition coefficient (Wildman–Crippen LogP) is 0.229. The lowest BCUT2D eigenvalue weighted by Gasteiger charge is -2.22. The van der Waals surface area contributed by atoms with Crippen molar-refractivity contribution in [1.82, 2.24) is 4.90 Å². The molecule has 0 unspecified atom stereocenters. The zero-order valence-corrected chi connectivity index (χ0v) is 11.6. The van der Waals surface area contributed by atoms with Crippen molar-refractivity contribution >= 4 is 5.97 Å². The molecule has 3 rings (SSSR count). The van der Waals surface area contributed by atoms with Gasteiger partial charge in [0, 0.05) is 31.1 Å². The van der Waals surface area contributed by atoms with E-state index >= 15 is 0 Å². The third-order valence-electron chi connectivity index (χ3n) is 3.80. The number of aromatic hydroxyl groups is 1. The first kappa shape index (κ1) is 14.0. The number of phenolic OH excluding ortho intramolecular Hbond substituents is 1. The minimum atomic E-state index is -0.578. The van der Waals surface area contributed by atoms with Crippen molar-refractivity contribution in [1.29, 1.82) is 0 Å². The quantitative estimate of drug-likeness (QED) is 0.772. The van der Waals surface area contributed by atoms with Crippen molar-refractivity contribution in [2.24, 2.45) is 0 Å². The number of benzene rings is 1. The summed E-state index contributed by atoms with van der Waals surface area (Å²) in [5.74, 6) is 0.760. The minimum absolute atomic E-state index is 0.0734. The fraction of sp³-hybridized carbons (Fsp3) is 0.500. The SMILES string of the molecule is COC(=O)[C@@H]1C[C@@H](O)CN1Cc1cc2c(cc1O)OCO2. The Labute approximate surface area is 121 Å². The summed E-state index contributed by atoms with van der Waals surface area (Å²) in [7, 11) is 1.32. The summed E-state index contributed by atoms with van der Waals surface area (Å²) >= 11 is 0. The molecule has 2 aliphatic heterocycles. The summed E-state index contributed by atoms with van der Waals surface area (Å²) in [6, 6.07) is 2.68. The van der Waals surface area contributed by atoms with Crippen LogP contribution in [0, 0.1) is 0 Å². The Balaban J connectivity index is 1.81. The molecule has 0 amide bonds. The van der Waals surface area contributed by atoms with Crippen LogP contribution in [0.3, 0.4) is 0 Å². The number of carbonyl (C=O) groups excluding carboxylic acids is 1. The summed E-state index contributed by atoms with van der Waals surface area (Å²) in [6.45, 7) is 0.804. The van der Waals surface area contributed by atoms with E-state index in [2.05, 4.69) is 0 Å². The third-order valence-corrected chi connectivity index (χ3v) is 3.80. The van der Waals surface area contributed by atoms with E-state index in [9.17, 15) is 15.0 Å². The maximum Gasteiger partial charge on any atom is 0.323 e. The Hall–Kier alpha value is -1.99. The number of ether oxygens (including phenoxy) is 3. The van der Waals surface area contributed by atoms with Gasteiger partial charge in [-0.2, -0.15) is 0 Å². The molecule has 2 aliphatic rings. The van der Waals surface area contributed by atoms with Crippen LogP contribution in [0.4, 0.5) is 0 Å². The van der Waals surface area contributed by atoms with Gasteiger partial charge in [0.1, 0.15) is 11.8 Å². The first-order valence-corrected chi connectivity index (χ1v) is 6.70. The number of likely N-dealkylation sites (tertiary alicyclic amines) is 1. The third kappa shape index (κ3) is 2.62. The van der Waals surface area contributed by atoms with E-state index in [0.717, 1.165) is 0 Å². The predicted molar refractivity (Wildman–Crippen MR) is 71.1 cm³/mol. The number of carbonyl (C=O) groups is 1. The largest absolute Gasteiger partial charge is 0.507 e. The average molecular weight is 295 g/mol. The summed E-state index contributed by atoms with van der Waals surface area (Å²) in [4.78, 5) is 13.5. The number of β-amino-alcohol motifs (C(OH)–C–C–N with tert-alkyl or cyclic N) is 1. The van der Waals surface area contributed by atoms with Crippen molar-refractivity contribution in [3.63, 3.8) is 0 Å². The molecule has 0 aromatic heterocycles. The van der Waals surface area contributed by atoms with Crippen molar-refractivity contribution in [3.8, 4) is 17.2 Å². The monoisotopic (exact) mass is 295 g/mol. The molecule has 114 valence electrons. The fourth-order valence-electron chi connectivity index (χ4n) is 2.75. The van der Waals surface area contributed by atoms with E-state index in [1.54, 1.807) is 11.0 Å². The summed E-state index contributed by atoms with van der Waals surface area (Å²) < 4.78 is 15.2. The Bertz CT molecular complexity index is 561. The standard InChI is InChI=1S/C14H17NO6/c1-19-14(18)10-3-9(16)6-15(10)5-8-2-12-13(4-11(8)17)21-7-20-12/h2,4,9-10,16-17H,3,5-7H2,1H3/t9-,10+/m1/s1. The second kappa shape index (κ2) is 5.42. The maximum atomic E-state index is 11.8. The fourth-order valence-corrected chi connectivity index (χ4v) is 2.75. The normalized spacial score (nSPS) is 24.3. The number of hydrogen-bond acceptors (Lipinski definition) is 7. The Kier molecular flexibility index (Phi) is 3.60. The molecule has 21 heavy (non-hydrogen) atoms. The second-order valence-corrected chi connectivity index (χ2v) is 5.19. The van der Waals surface area contributed by atoms with E-state index in [0.29, 0.717) is 36.6 Å². The van der Waals surface area contributed by atoms with Gasteiger partial charge in [0.05, 0.1) is 13.2 Å². The molecule has 0 radical (unpaired) electrons. The van der Waals surface area contributed by atoms with Crippen LogP contribution in [-0.2, 0) is 16.1 Å². The van der Waals surface area contributed by atoms with Crippen LogP contribution in [0.15, 0.2) is 12.1 Å². The molecule has 1 fully saturated rings. The average Bonchev–Trinajstić information content (AvgIpc) is 3.04. The topological polar surface area (TPSA) is 88.5 Å². The highest BCUT2D eigenvalue weighted by molar-refractivity contribution is 5.76. The van der Waals surface area contributed by atoms with E-state index in [1.165, 1.54) is 13.2 Å². The number of nitrogens with zero attached hydrogens (tertiary/aromatic N) is 1. The van der Waals surface area contributed by atoms with Gasteiger partial charge in [-0.3, -0.25) is 9.69 Å².